The van der Waals surface area contributed by atoms with Crippen LogP contribution in [0, 0.1) is 5.82 Å². The van der Waals surface area contributed by atoms with Gasteiger partial charge < -0.3 is 9.73 Å². The zero-order valence-corrected chi connectivity index (χ0v) is 10.3. The fourth-order valence-electron chi connectivity index (χ4n) is 2.52. The van der Waals surface area contributed by atoms with E-state index in [1.165, 1.54) is 31.4 Å². The number of nitrogens with one attached hydrogen (secondary N) is 1. The Hall–Kier alpha value is -1.42. The van der Waals surface area contributed by atoms with E-state index in [0.717, 1.165) is 19.4 Å². The highest BCUT2D eigenvalue weighted by atomic mass is 19.1. The molecule has 1 N–H and O–H groups in total. The number of piperidine rings is 1. The van der Waals surface area contributed by atoms with Gasteiger partial charge in [0.05, 0.1) is 0 Å². The third-order valence-electron chi connectivity index (χ3n) is 3.51. The summed E-state index contributed by atoms with van der Waals surface area (Å²) in [5.74, 6) is 0.444. The molecule has 3 nitrogen and oxygen atoms in total. The molecule has 2 heterocycles. The summed E-state index contributed by atoms with van der Waals surface area (Å²) < 4.78 is 18.6. The second-order valence-electron chi connectivity index (χ2n) is 4.91. The summed E-state index contributed by atoms with van der Waals surface area (Å²) in [5.41, 5.74) is 1.28. The molecule has 0 aliphatic carbocycles. The number of fused-ring (bicyclic) bond motifs is 1. The largest absolute Gasteiger partial charge is 0.441 e. The van der Waals surface area contributed by atoms with E-state index >= 15 is 0 Å². The lowest BCUT2D eigenvalue weighted by molar-refractivity contribution is 0.371. The molecular formula is C14H17FN2O. The highest BCUT2D eigenvalue weighted by Gasteiger charge is 2.14. The van der Waals surface area contributed by atoms with Gasteiger partial charge in [-0.15, -0.1) is 0 Å². The Labute approximate surface area is 105 Å². The summed E-state index contributed by atoms with van der Waals surface area (Å²) in [6.07, 6.45) is 5.66. The Balaban J connectivity index is 1.67. The van der Waals surface area contributed by atoms with E-state index in [1.807, 2.05) is 0 Å². The minimum atomic E-state index is -0.267. The second kappa shape index (κ2) is 5.06. The molecule has 1 atom stereocenters. The van der Waals surface area contributed by atoms with Crippen LogP contribution >= 0.6 is 0 Å². The number of rotatable bonds is 3. The monoisotopic (exact) mass is 248 g/mol. The van der Waals surface area contributed by atoms with Crippen molar-refractivity contribution >= 4 is 11.1 Å². The van der Waals surface area contributed by atoms with E-state index in [2.05, 4.69) is 10.3 Å². The summed E-state index contributed by atoms with van der Waals surface area (Å²) in [5, 5.41) is 3.50. The molecule has 18 heavy (non-hydrogen) atoms. The number of aryl methyl sites for hydroxylation is 1. The highest BCUT2D eigenvalue weighted by molar-refractivity contribution is 5.72. The Bertz CT molecular complexity index is 532. The average Bonchev–Trinajstić information content (AvgIpc) is 2.79. The van der Waals surface area contributed by atoms with Crippen molar-refractivity contribution in [2.24, 2.45) is 0 Å². The van der Waals surface area contributed by atoms with Crippen LogP contribution in [0.25, 0.3) is 11.1 Å². The summed E-state index contributed by atoms with van der Waals surface area (Å²) in [7, 11) is 0. The molecule has 0 bridgehead atoms. The van der Waals surface area contributed by atoms with Crippen LogP contribution < -0.4 is 5.32 Å². The first-order chi connectivity index (χ1) is 8.81. The zero-order valence-electron chi connectivity index (χ0n) is 10.3. The first-order valence-electron chi connectivity index (χ1n) is 6.59. The summed E-state index contributed by atoms with van der Waals surface area (Å²) in [4.78, 5) is 4.32. The van der Waals surface area contributed by atoms with Crippen molar-refractivity contribution < 1.29 is 8.81 Å². The SMILES string of the molecule is Fc1ccc2oc(CCC3CCCCN3)nc2c1. The van der Waals surface area contributed by atoms with E-state index in [-0.39, 0.29) is 5.82 Å². The van der Waals surface area contributed by atoms with Crippen LogP contribution in [0.2, 0.25) is 0 Å². The summed E-state index contributed by atoms with van der Waals surface area (Å²) in [6, 6.07) is 5.03. The van der Waals surface area contributed by atoms with Gasteiger partial charge in [-0.05, 0) is 37.9 Å². The number of benzene rings is 1. The molecule has 0 radical (unpaired) electrons. The van der Waals surface area contributed by atoms with Crippen molar-refractivity contribution in [1.82, 2.24) is 10.3 Å². The minimum absolute atomic E-state index is 0.267. The van der Waals surface area contributed by atoms with Crippen LogP contribution in [-0.2, 0) is 6.42 Å². The van der Waals surface area contributed by atoms with E-state index in [4.69, 9.17) is 4.42 Å². The van der Waals surface area contributed by atoms with Crippen LogP contribution in [0.15, 0.2) is 22.6 Å². The lowest BCUT2D eigenvalue weighted by atomic mass is 10.0. The first kappa shape index (κ1) is 11.7. The molecule has 1 saturated heterocycles. The lowest BCUT2D eigenvalue weighted by Gasteiger charge is -2.22. The molecule has 1 aliphatic rings. The number of aromatic nitrogens is 1. The van der Waals surface area contributed by atoms with Gasteiger partial charge >= 0.3 is 0 Å². The third-order valence-corrected chi connectivity index (χ3v) is 3.51. The quantitative estimate of drug-likeness (QED) is 0.907. The van der Waals surface area contributed by atoms with Crippen molar-refractivity contribution in [3.8, 4) is 0 Å². The van der Waals surface area contributed by atoms with Crippen LogP contribution in [-0.4, -0.2) is 17.6 Å². The standard InChI is InChI=1S/C14H17FN2O/c15-10-4-6-13-12(9-10)17-14(18-13)7-5-11-3-1-2-8-16-11/h4,6,9,11,16H,1-3,5,7-8H2. The van der Waals surface area contributed by atoms with Crippen molar-refractivity contribution in [2.45, 2.75) is 38.1 Å². The molecule has 3 rings (SSSR count). The predicted molar refractivity (Wildman–Crippen MR) is 67.9 cm³/mol. The highest BCUT2D eigenvalue weighted by Crippen LogP contribution is 2.19. The molecule has 0 spiro atoms. The summed E-state index contributed by atoms with van der Waals surface area (Å²) in [6.45, 7) is 1.11. The van der Waals surface area contributed by atoms with Crippen molar-refractivity contribution in [3.05, 3.63) is 29.9 Å². The second-order valence-corrected chi connectivity index (χ2v) is 4.91. The molecule has 1 unspecified atom stereocenters. The molecule has 0 saturated carbocycles. The molecule has 1 aromatic heterocycles. The van der Waals surface area contributed by atoms with Gasteiger partial charge in [-0.1, -0.05) is 6.42 Å². The average molecular weight is 248 g/mol. The Morgan fingerprint density at radius 2 is 2.33 bits per heavy atom. The maximum atomic E-state index is 13.0. The molecular weight excluding hydrogens is 231 g/mol. The van der Waals surface area contributed by atoms with Gasteiger partial charge in [0.2, 0.25) is 0 Å². The molecule has 1 fully saturated rings. The maximum absolute atomic E-state index is 13.0. The van der Waals surface area contributed by atoms with Gasteiger partial charge in [0.15, 0.2) is 11.5 Å². The Morgan fingerprint density at radius 3 is 3.17 bits per heavy atom. The van der Waals surface area contributed by atoms with Crippen LogP contribution in [0.5, 0.6) is 0 Å². The first-order valence-corrected chi connectivity index (χ1v) is 6.59. The molecule has 4 heteroatoms. The smallest absolute Gasteiger partial charge is 0.195 e. The molecule has 1 aliphatic heterocycles. The summed E-state index contributed by atoms with van der Waals surface area (Å²) >= 11 is 0. The van der Waals surface area contributed by atoms with Gasteiger partial charge in [-0.2, -0.15) is 0 Å². The fraction of sp³-hybridized carbons (Fsp3) is 0.500. The number of nitrogens with zero attached hydrogens (tertiary/aromatic N) is 1. The fourth-order valence-corrected chi connectivity index (χ4v) is 2.52. The lowest BCUT2D eigenvalue weighted by Crippen LogP contribution is -2.34. The van der Waals surface area contributed by atoms with E-state index in [9.17, 15) is 4.39 Å². The topological polar surface area (TPSA) is 38.1 Å². The zero-order chi connectivity index (χ0) is 12.4. The molecule has 0 amide bonds. The van der Waals surface area contributed by atoms with E-state index < -0.39 is 0 Å². The van der Waals surface area contributed by atoms with Gasteiger partial charge in [0.25, 0.3) is 0 Å². The molecule has 2 aromatic rings. The van der Waals surface area contributed by atoms with Gasteiger partial charge in [0.1, 0.15) is 11.3 Å². The number of halogens is 1. The minimum Gasteiger partial charge on any atom is -0.441 e. The van der Waals surface area contributed by atoms with Crippen LogP contribution in [0.4, 0.5) is 4.39 Å². The van der Waals surface area contributed by atoms with Crippen molar-refractivity contribution in [3.63, 3.8) is 0 Å². The van der Waals surface area contributed by atoms with Gasteiger partial charge in [-0.3, -0.25) is 0 Å². The number of hydrogen-bond acceptors (Lipinski definition) is 3. The number of oxazole rings is 1. The van der Waals surface area contributed by atoms with Crippen LogP contribution in [0.3, 0.4) is 0 Å². The van der Waals surface area contributed by atoms with Crippen molar-refractivity contribution in [1.29, 1.82) is 0 Å². The number of hydrogen-bond donors (Lipinski definition) is 1. The Morgan fingerprint density at radius 1 is 1.39 bits per heavy atom. The van der Waals surface area contributed by atoms with E-state index in [0.29, 0.717) is 23.0 Å². The van der Waals surface area contributed by atoms with Crippen molar-refractivity contribution in [2.75, 3.05) is 6.54 Å². The molecule has 96 valence electrons. The third kappa shape index (κ3) is 2.53. The van der Waals surface area contributed by atoms with Crippen LogP contribution in [0.1, 0.15) is 31.6 Å². The predicted octanol–water partition coefficient (Wildman–Crippen LogP) is 3.04. The normalized spacial score (nSPS) is 20.4. The van der Waals surface area contributed by atoms with Gasteiger partial charge in [0, 0.05) is 18.5 Å². The Kier molecular flexibility index (Phi) is 3.28. The molecule has 1 aromatic carbocycles. The van der Waals surface area contributed by atoms with E-state index in [1.54, 1.807) is 6.07 Å². The van der Waals surface area contributed by atoms with Gasteiger partial charge in [-0.25, -0.2) is 9.37 Å². The maximum Gasteiger partial charge on any atom is 0.195 e.